The van der Waals surface area contributed by atoms with Gasteiger partial charge in [-0.05, 0) is 6.92 Å². The summed E-state index contributed by atoms with van der Waals surface area (Å²) in [7, 11) is 0. The predicted octanol–water partition coefficient (Wildman–Crippen LogP) is -0.860. The Hall–Kier alpha value is -2.49. The molecule has 9 heteroatoms. The molecule has 124 valence electrons. The third-order valence-corrected chi connectivity index (χ3v) is 1.51. The molecule has 0 atom stereocenters. The molecule has 22 heavy (non-hydrogen) atoms. The van der Waals surface area contributed by atoms with Crippen LogP contribution in [0.5, 0.6) is 0 Å². The molecule has 0 aromatic heterocycles. The molecular weight excluding hydrogens is 300 g/mol. The van der Waals surface area contributed by atoms with E-state index in [0.29, 0.717) is 0 Å². The summed E-state index contributed by atoms with van der Waals surface area (Å²) in [5, 5.41) is 24.2. The van der Waals surface area contributed by atoms with Gasteiger partial charge in [0.05, 0.1) is 0 Å². The van der Waals surface area contributed by atoms with Crippen molar-refractivity contribution in [2.24, 2.45) is 0 Å². The number of ether oxygens (including phenoxy) is 3. The lowest BCUT2D eigenvalue weighted by atomic mass is 10.4. The van der Waals surface area contributed by atoms with Crippen LogP contribution in [0.1, 0.15) is 6.92 Å². The summed E-state index contributed by atoms with van der Waals surface area (Å²) >= 11 is 0. The van der Waals surface area contributed by atoms with Crippen molar-refractivity contribution in [2.75, 3.05) is 20.4 Å². The van der Waals surface area contributed by atoms with Crippen LogP contribution in [0.2, 0.25) is 0 Å². The molecule has 3 N–H and O–H groups in total. The SMILES string of the molecule is CC=CC=CC(=O)OCO.O=C(C=CC(=O)OCO)OCO. The zero-order valence-electron chi connectivity index (χ0n) is 11.9. The maximum Gasteiger partial charge on any atom is 0.333 e. The second-order valence-electron chi connectivity index (χ2n) is 3.00. The van der Waals surface area contributed by atoms with Gasteiger partial charge in [0, 0.05) is 18.2 Å². The van der Waals surface area contributed by atoms with E-state index < -0.39 is 38.3 Å². The van der Waals surface area contributed by atoms with Gasteiger partial charge < -0.3 is 29.5 Å². The van der Waals surface area contributed by atoms with E-state index in [-0.39, 0.29) is 0 Å². The minimum absolute atomic E-state index is 0.541. The topological polar surface area (TPSA) is 140 Å². The number of esters is 3. The van der Waals surface area contributed by atoms with Crippen molar-refractivity contribution in [3.63, 3.8) is 0 Å². The van der Waals surface area contributed by atoms with Gasteiger partial charge in [0.15, 0.2) is 20.4 Å². The fourth-order valence-corrected chi connectivity index (χ4v) is 0.717. The monoisotopic (exact) mass is 318 g/mol. The minimum atomic E-state index is -0.868. The van der Waals surface area contributed by atoms with Crippen molar-refractivity contribution in [1.82, 2.24) is 0 Å². The van der Waals surface area contributed by atoms with Crippen LogP contribution >= 0.6 is 0 Å². The molecule has 9 nitrogen and oxygen atoms in total. The van der Waals surface area contributed by atoms with E-state index in [9.17, 15) is 14.4 Å². The smallest absolute Gasteiger partial charge is 0.333 e. The zero-order valence-corrected chi connectivity index (χ0v) is 11.9. The third-order valence-electron chi connectivity index (χ3n) is 1.51. The Labute approximate surface area is 126 Å². The summed E-state index contributed by atoms with van der Waals surface area (Å²) in [6.07, 6.45) is 7.79. The number of carbonyl (C=O) groups is 3. The molecule has 0 heterocycles. The van der Waals surface area contributed by atoms with E-state index in [1.807, 2.05) is 6.92 Å². The van der Waals surface area contributed by atoms with Gasteiger partial charge in [0.2, 0.25) is 0 Å². The molecule has 0 bridgehead atoms. The standard InChI is InChI=1S/C7H10O3.C6H8O6/c1-2-3-4-5-7(9)10-6-8;7-3-11-5(9)1-2-6(10)12-4-8/h2-5,8H,6H2,1H3;1-2,7-8H,3-4H2. The van der Waals surface area contributed by atoms with E-state index in [1.165, 1.54) is 12.2 Å². The first-order valence-corrected chi connectivity index (χ1v) is 5.82. The normalized spacial score (nSPS) is 10.4. The third kappa shape index (κ3) is 17.5. The summed E-state index contributed by atoms with van der Waals surface area (Å²) in [6.45, 7) is -0.239. The summed E-state index contributed by atoms with van der Waals surface area (Å²) < 4.78 is 12.2. The number of hydrogen-bond donors (Lipinski definition) is 3. The average molecular weight is 318 g/mol. The van der Waals surface area contributed by atoms with Crippen LogP contribution in [-0.4, -0.2) is 53.6 Å². The lowest BCUT2D eigenvalue weighted by Gasteiger charge is -1.94. The van der Waals surface area contributed by atoms with Gasteiger partial charge >= 0.3 is 17.9 Å². The Bertz CT molecular complexity index is 390. The van der Waals surface area contributed by atoms with E-state index >= 15 is 0 Å². The molecule has 0 unspecified atom stereocenters. The molecule has 0 amide bonds. The molecule has 0 aromatic carbocycles. The number of aliphatic hydroxyl groups is 3. The van der Waals surface area contributed by atoms with E-state index in [4.69, 9.17) is 15.3 Å². The summed E-state index contributed by atoms with van der Waals surface area (Å²) in [6, 6.07) is 0. The van der Waals surface area contributed by atoms with Crippen LogP contribution in [0.25, 0.3) is 0 Å². The Morgan fingerprint density at radius 3 is 1.41 bits per heavy atom. The van der Waals surface area contributed by atoms with Crippen LogP contribution in [0.15, 0.2) is 36.5 Å². The quantitative estimate of drug-likeness (QED) is 0.180. The molecular formula is C13H18O9. The van der Waals surface area contributed by atoms with Crippen LogP contribution < -0.4 is 0 Å². The molecule has 0 spiro atoms. The highest BCUT2D eigenvalue weighted by atomic mass is 16.6. The predicted molar refractivity (Wildman–Crippen MR) is 72.6 cm³/mol. The van der Waals surface area contributed by atoms with Gasteiger partial charge in [-0.25, -0.2) is 14.4 Å². The molecule has 0 rings (SSSR count). The largest absolute Gasteiger partial charge is 0.436 e. The summed E-state index contributed by atoms with van der Waals surface area (Å²) in [4.78, 5) is 31.2. The van der Waals surface area contributed by atoms with Gasteiger partial charge in [-0.2, -0.15) is 0 Å². The average Bonchev–Trinajstić information content (AvgIpc) is 2.47. The molecule has 0 saturated heterocycles. The highest BCUT2D eigenvalue weighted by Gasteiger charge is 1.98. The first kappa shape index (κ1) is 21.8. The fourth-order valence-electron chi connectivity index (χ4n) is 0.717. The number of rotatable bonds is 7. The van der Waals surface area contributed by atoms with E-state index in [1.54, 1.807) is 12.2 Å². The zero-order chi connectivity index (χ0) is 17.2. The van der Waals surface area contributed by atoms with Gasteiger partial charge in [-0.1, -0.05) is 18.2 Å². The van der Waals surface area contributed by atoms with Crippen molar-refractivity contribution in [1.29, 1.82) is 0 Å². The fraction of sp³-hybridized carbons (Fsp3) is 0.308. The number of carbonyl (C=O) groups excluding carboxylic acids is 3. The molecule has 0 radical (unpaired) electrons. The van der Waals surface area contributed by atoms with E-state index in [2.05, 4.69) is 14.2 Å². The highest BCUT2D eigenvalue weighted by Crippen LogP contribution is 1.83. The summed E-state index contributed by atoms with van der Waals surface area (Å²) in [5.74, 6) is -2.28. The van der Waals surface area contributed by atoms with Crippen molar-refractivity contribution in [3.05, 3.63) is 36.5 Å². The second kappa shape index (κ2) is 16.6. The van der Waals surface area contributed by atoms with Gasteiger partial charge in [0.1, 0.15) is 0 Å². The van der Waals surface area contributed by atoms with Crippen molar-refractivity contribution in [2.45, 2.75) is 6.92 Å². The van der Waals surface area contributed by atoms with Gasteiger partial charge in [0.25, 0.3) is 0 Å². The lowest BCUT2D eigenvalue weighted by Crippen LogP contribution is -2.05. The molecule has 0 aromatic rings. The Balaban J connectivity index is 0. The lowest BCUT2D eigenvalue weighted by molar-refractivity contribution is -0.148. The number of allylic oxidation sites excluding steroid dienone is 3. The Kier molecular flexibility index (Phi) is 16.4. The first-order chi connectivity index (χ1) is 10.5. The van der Waals surface area contributed by atoms with Crippen molar-refractivity contribution < 1.29 is 43.9 Å². The van der Waals surface area contributed by atoms with Crippen LogP contribution in [-0.2, 0) is 28.6 Å². The van der Waals surface area contributed by atoms with Crippen molar-refractivity contribution in [3.8, 4) is 0 Å². The summed E-state index contributed by atoms with van der Waals surface area (Å²) in [5.41, 5.74) is 0. The number of aliphatic hydroxyl groups excluding tert-OH is 3. The maximum atomic E-state index is 10.4. The number of hydrogen-bond acceptors (Lipinski definition) is 9. The van der Waals surface area contributed by atoms with Crippen LogP contribution in [0.3, 0.4) is 0 Å². The molecule has 0 aliphatic carbocycles. The molecule has 0 aliphatic heterocycles. The second-order valence-corrected chi connectivity index (χ2v) is 3.00. The Morgan fingerprint density at radius 1 is 0.727 bits per heavy atom. The first-order valence-electron chi connectivity index (χ1n) is 5.82. The highest BCUT2D eigenvalue weighted by molar-refractivity contribution is 5.91. The maximum absolute atomic E-state index is 10.4. The molecule has 0 saturated carbocycles. The van der Waals surface area contributed by atoms with Crippen LogP contribution in [0, 0.1) is 0 Å². The molecule has 0 aliphatic rings. The van der Waals surface area contributed by atoms with Gasteiger partial charge in [-0.15, -0.1) is 0 Å². The Morgan fingerprint density at radius 2 is 1.09 bits per heavy atom. The van der Waals surface area contributed by atoms with Crippen LogP contribution in [0.4, 0.5) is 0 Å². The van der Waals surface area contributed by atoms with E-state index in [0.717, 1.165) is 12.2 Å². The molecule has 0 fully saturated rings. The minimum Gasteiger partial charge on any atom is -0.436 e. The van der Waals surface area contributed by atoms with Crippen molar-refractivity contribution >= 4 is 17.9 Å². The van der Waals surface area contributed by atoms with Gasteiger partial charge in [-0.3, -0.25) is 0 Å².